The highest BCUT2D eigenvalue weighted by atomic mass is 28.5. The Balaban J connectivity index is 5.21. The summed E-state index contributed by atoms with van der Waals surface area (Å²) in [6.45, 7) is 30.9. The topological polar surface area (TPSA) is 105 Å². The van der Waals surface area contributed by atoms with Crippen LogP contribution in [-0.2, 0) is 29.5 Å². The molecule has 0 radical (unpaired) electrons. The average molecular weight is 604 g/mol. The van der Waals surface area contributed by atoms with Crippen molar-refractivity contribution in [2.24, 2.45) is 0 Å². The molecule has 0 aromatic heterocycles. The average Bonchev–Trinajstić information content (AvgIpc) is 2.43. The number of amides is 1. The molecule has 0 spiro atoms. The van der Waals surface area contributed by atoms with Gasteiger partial charge in [-0.2, -0.15) is 0 Å². The van der Waals surface area contributed by atoms with Gasteiger partial charge >= 0.3 is 51.4 Å². The lowest BCUT2D eigenvalue weighted by atomic mass is 10.6. The molecule has 0 bridgehead atoms. The maximum atomic E-state index is 11.6. The molecular weight excluding hydrogens is 555 g/mol. The molecule has 0 aliphatic carbocycles. The van der Waals surface area contributed by atoms with E-state index in [1.165, 1.54) is 6.08 Å². The van der Waals surface area contributed by atoms with Crippen molar-refractivity contribution in [1.29, 1.82) is 0 Å². The Hall–Kier alpha value is 0.448. The molecule has 0 saturated carbocycles. The van der Waals surface area contributed by atoms with E-state index >= 15 is 0 Å². The first-order valence-corrected chi connectivity index (χ1v) is 31.6. The van der Waals surface area contributed by atoms with Crippen molar-refractivity contribution in [3.05, 3.63) is 12.7 Å². The summed E-state index contributed by atoms with van der Waals surface area (Å²) in [5.74, 6) is -0.206. The van der Waals surface area contributed by atoms with E-state index in [0.29, 0.717) is 6.17 Å². The zero-order chi connectivity index (χ0) is 27.4. The van der Waals surface area contributed by atoms with E-state index in [2.05, 4.69) is 25.0 Å². The number of nitrogens with one attached hydrogen (secondary N) is 1. The number of carbonyl (C=O) groups excluding carboxylic acids is 1. The molecule has 0 fully saturated rings. The molecule has 1 amide bonds. The molecule has 0 saturated heterocycles. The lowest BCUT2D eigenvalue weighted by molar-refractivity contribution is -0.116. The van der Waals surface area contributed by atoms with Gasteiger partial charge in [0, 0.05) is 6.17 Å². The van der Waals surface area contributed by atoms with E-state index in [4.69, 9.17) is 24.7 Å². The lowest BCUT2D eigenvalue weighted by Gasteiger charge is -2.43. The highest BCUT2D eigenvalue weighted by molar-refractivity contribution is 6.91. The van der Waals surface area contributed by atoms with Crippen LogP contribution in [-0.4, -0.2) is 76.6 Å². The quantitative estimate of drug-likeness (QED) is 0.210. The fraction of sp³-hybridized carbons (Fsp3) is 0.833. The van der Waals surface area contributed by atoms with E-state index < -0.39 is 59.7 Å². The second-order valence-electron chi connectivity index (χ2n) is 11.7. The van der Waals surface area contributed by atoms with Crippen LogP contribution in [0.25, 0.3) is 0 Å². The van der Waals surface area contributed by atoms with Crippen LogP contribution in [0.5, 0.6) is 0 Å². The summed E-state index contributed by atoms with van der Waals surface area (Å²) in [5.41, 5.74) is 0. The van der Waals surface area contributed by atoms with Crippen molar-refractivity contribution in [3.63, 3.8) is 0 Å². The van der Waals surface area contributed by atoms with Crippen LogP contribution < -0.4 is 5.32 Å². The molecule has 2 N–H and O–H groups in total. The van der Waals surface area contributed by atoms with Gasteiger partial charge in [0.1, 0.15) is 0 Å². The molecule has 0 rings (SSSR count). The number of rotatable bonds is 15. The molecule has 202 valence electrons. The van der Waals surface area contributed by atoms with E-state index in [-0.39, 0.29) is 5.91 Å². The standard InChI is InChI=1S/C18H49NO8Si7/c1-16-18(20)19-17-28(2,3)22-30(6,7)24-32(10,11)26-34(14,15)27-33(12,13)25-31(8,9)23-29(4,5)21/h16,21H,1,17H2,2-15H3,(H,19,20). The van der Waals surface area contributed by atoms with Crippen LogP contribution in [0, 0.1) is 0 Å². The summed E-state index contributed by atoms with van der Waals surface area (Å²) >= 11 is 0. The van der Waals surface area contributed by atoms with Gasteiger partial charge in [-0.3, -0.25) is 4.79 Å². The predicted molar refractivity (Wildman–Crippen MR) is 154 cm³/mol. The van der Waals surface area contributed by atoms with Crippen LogP contribution >= 0.6 is 0 Å². The molecule has 0 aliphatic heterocycles. The minimum Gasteiger partial charge on any atom is -0.435 e. The minimum atomic E-state index is -2.71. The summed E-state index contributed by atoms with van der Waals surface area (Å²) in [7, 11) is -17.9. The third kappa shape index (κ3) is 16.2. The highest BCUT2D eigenvalue weighted by Gasteiger charge is 2.48. The maximum Gasteiger partial charge on any atom is 0.320 e. The van der Waals surface area contributed by atoms with Crippen molar-refractivity contribution in [2.75, 3.05) is 6.17 Å². The zero-order valence-corrected chi connectivity index (χ0v) is 30.8. The second-order valence-corrected chi connectivity index (χ2v) is 37.4. The Morgan fingerprint density at radius 1 is 0.647 bits per heavy atom. The third-order valence-corrected chi connectivity index (χ3v) is 28.8. The van der Waals surface area contributed by atoms with Crippen molar-refractivity contribution in [1.82, 2.24) is 5.32 Å². The van der Waals surface area contributed by atoms with Gasteiger partial charge in [0.25, 0.3) is 0 Å². The van der Waals surface area contributed by atoms with Crippen LogP contribution in [0.4, 0.5) is 0 Å². The van der Waals surface area contributed by atoms with Crippen LogP contribution in [0.2, 0.25) is 91.7 Å². The van der Waals surface area contributed by atoms with Crippen molar-refractivity contribution in [2.45, 2.75) is 91.7 Å². The molecule has 0 aliphatic rings. The van der Waals surface area contributed by atoms with E-state index in [1.54, 1.807) is 13.1 Å². The molecule has 16 heteroatoms. The molecule has 9 nitrogen and oxygen atoms in total. The first-order chi connectivity index (χ1) is 14.7. The first kappa shape index (κ1) is 34.4. The van der Waals surface area contributed by atoms with Crippen molar-refractivity contribution >= 4 is 65.6 Å². The molecule has 0 unspecified atom stereocenters. The van der Waals surface area contributed by atoms with Crippen LogP contribution in [0.15, 0.2) is 12.7 Å². The summed E-state index contributed by atoms with van der Waals surface area (Å²) < 4.78 is 38.3. The highest BCUT2D eigenvalue weighted by Crippen LogP contribution is 2.28. The van der Waals surface area contributed by atoms with Crippen LogP contribution in [0.1, 0.15) is 0 Å². The number of carbonyl (C=O) groups is 1. The predicted octanol–water partition coefficient (Wildman–Crippen LogP) is 4.34. The smallest absolute Gasteiger partial charge is 0.320 e. The Morgan fingerprint density at radius 2 is 0.941 bits per heavy atom. The first-order valence-electron chi connectivity index (χ1n) is 11.5. The normalized spacial score (nSPS) is 14.8. The van der Waals surface area contributed by atoms with Gasteiger partial charge < -0.3 is 34.8 Å². The fourth-order valence-corrected chi connectivity index (χ4v) is 36.8. The van der Waals surface area contributed by atoms with E-state index in [1.807, 2.05) is 65.5 Å². The molecule has 0 aromatic rings. The van der Waals surface area contributed by atoms with Gasteiger partial charge in [-0.05, 0) is 97.7 Å². The third-order valence-electron chi connectivity index (χ3n) is 3.86. The number of hydrogen-bond acceptors (Lipinski definition) is 8. The van der Waals surface area contributed by atoms with E-state index in [9.17, 15) is 9.59 Å². The molecule has 0 heterocycles. The van der Waals surface area contributed by atoms with Gasteiger partial charge in [-0.25, -0.2) is 0 Å². The minimum absolute atomic E-state index is 0.206. The Bertz CT molecular complexity index is 709. The summed E-state index contributed by atoms with van der Waals surface area (Å²) in [4.78, 5) is 21.7. The van der Waals surface area contributed by atoms with E-state index in [0.717, 1.165) is 0 Å². The largest absolute Gasteiger partial charge is 0.435 e. The zero-order valence-electron chi connectivity index (χ0n) is 23.8. The van der Waals surface area contributed by atoms with Gasteiger partial charge in [0.15, 0.2) is 8.32 Å². The van der Waals surface area contributed by atoms with Gasteiger partial charge in [-0.15, -0.1) is 0 Å². The molecule has 34 heavy (non-hydrogen) atoms. The van der Waals surface area contributed by atoms with Crippen molar-refractivity contribution < 1.29 is 34.3 Å². The number of hydrogen-bond donors (Lipinski definition) is 2. The Kier molecular flexibility index (Phi) is 12.0. The van der Waals surface area contributed by atoms with Gasteiger partial charge in [-0.1, -0.05) is 6.58 Å². The van der Waals surface area contributed by atoms with Crippen molar-refractivity contribution in [3.8, 4) is 0 Å². The molecule has 0 atom stereocenters. The summed E-state index contributed by atoms with van der Waals surface area (Å²) in [6.07, 6.45) is 1.74. The Morgan fingerprint density at radius 3 is 1.24 bits per heavy atom. The van der Waals surface area contributed by atoms with Crippen LogP contribution in [0.3, 0.4) is 0 Å². The lowest BCUT2D eigenvalue weighted by Crippen LogP contribution is -2.61. The molecular formula is C18H49NO8Si7. The summed E-state index contributed by atoms with van der Waals surface area (Å²) in [5, 5.41) is 2.84. The maximum absolute atomic E-state index is 11.6. The fourth-order valence-electron chi connectivity index (χ4n) is 4.15. The SMILES string of the molecule is C=CC(=O)NC[Si](C)(C)O[Si](C)(C)O[Si](C)(C)O[Si](C)(C)O[Si](C)(C)O[Si](C)(C)O[Si](C)(C)O. The molecule has 0 aromatic carbocycles. The van der Waals surface area contributed by atoms with Gasteiger partial charge in [0.05, 0.1) is 0 Å². The van der Waals surface area contributed by atoms with Gasteiger partial charge in [0.2, 0.25) is 5.91 Å². The monoisotopic (exact) mass is 603 g/mol. The summed E-state index contributed by atoms with van der Waals surface area (Å²) in [6, 6.07) is 0. The Labute approximate surface area is 215 Å². The second kappa shape index (κ2) is 11.9.